The maximum atomic E-state index is 12.6. The molecule has 1 saturated heterocycles. The molecule has 1 heterocycles. The molecule has 5 rings (SSSR count). The maximum absolute atomic E-state index is 12.6. The largest absolute Gasteiger partial charge is 0.393 e. The summed E-state index contributed by atoms with van der Waals surface area (Å²) in [5.41, 5.74) is -0.336. The van der Waals surface area contributed by atoms with Crippen LogP contribution in [0.4, 0.5) is 0 Å². The number of rotatable bonds is 0. The summed E-state index contributed by atoms with van der Waals surface area (Å²) in [5.74, 6) is 1.57. The number of aliphatic hydroxyl groups is 1. The number of epoxide rings is 1. The Kier molecular flexibility index (Phi) is 3.04. The summed E-state index contributed by atoms with van der Waals surface area (Å²) in [7, 11) is 0. The minimum Gasteiger partial charge on any atom is -0.393 e. The van der Waals surface area contributed by atoms with Crippen LogP contribution in [0.3, 0.4) is 0 Å². The summed E-state index contributed by atoms with van der Waals surface area (Å²) in [5, 5.41) is 20.1. The highest BCUT2D eigenvalue weighted by Crippen LogP contribution is 2.74. The zero-order valence-corrected chi connectivity index (χ0v) is 15.5. The van der Waals surface area contributed by atoms with E-state index in [0.29, 0.717) is 30.1 Å². The van der Waals surface area contributed by atoms with Crippen molar-refractivity contribution >= 4 is 5.78 Å². The van der Waals surface area contributed by atoms with Gasteiger partial charge in [-0.25, -0.2) is 0 Å². The quantitative estimate of drug-likeness (QED) is 0.686. The van der Waals surface area contributed by atoms with Crippen LogP contribution in [-0.4, -0.2) is 28.7 Å². The van der Waals surface area contributed by atoms with Crippen molar-refractivity contribution in [1.29, 1.82) is 5.26 Å². The smallest absolute Gasteiger partial charge is 0.181 e. The van der Waals surface area contributed by atoms with Gasteiger partial charge in [0.1, 0.15) is 17.6 Å². The number of nitriles is 1. The number of ketones is 1. The molecule has 5 fully saturated rings. The third-order valence-electron chi connectivity index (χ3n) is 9.49. The van der Waals surface area contributed by atoms with Crippen molar-refractivity contribution in [3.63, 3.8) is 0 Å². The van der Waals surface area contributed by atoms with Crippen LogP contribution >= 0.6 is 0 Å². The fourth-order valence-electron chi connectivity index (χ4n) is 8.18. The predicted molar refractivity (Wildman–Crippen MR) is 91.3 cm³/mol. The molecule has 136 valence electrons. The second-order valence-corrected chi connectivity index (χ2v) is 10.1. The second-order valence-electron chi connectivity index (χ2n) is 10.1. The number of nitrogens with zero attached hydrogens (tertiary/aromatic N) is 1. The first-order chi connectivity index (χ1) is 11.8. The van der Waals surface area contributed by atoms with Crippen LogP contribution in [0, 0.1) is 51.8 Å². The van der Waals surface area contributed by atoms with Gasteiger partial charge < -0.3 is 9.84 Å². The Bertz CT molecular complexity index is 685. The van der Waals surface area contributed by atoms with Crippen LogP contribution in [0.15, 0.2) is 0 Å². The molecule has 5 unspecified atom stereocenters. The van der Waals surface area contributed by atoms with Crippen LogP contribution < -0.4 is 0 Å². The van der Waals surface area contributed by atoms with E-state index >= 15 is 0 Å². The number of Topliss-reactive ketones (excluding diaryl/α,β-unsaturated/α-hetero) is 1. The van der Waals surface area contributed by atoms with E-state index < -0.39 is 5.92 Å². The molecule has 0 aromatic heterocycles. The lowest BCUT2D eigenvalue weighted by atomic mass is 9.42. The zero-order chi connectivity index (χ0) is 17.8. The second kappa shape index (κ2) is 4.67. The average molecular weight is 343 g/mol. The molecule has 4 heteroatoms. The number of ether oxygens (including phenoxy) is 1. The van der Waals surface area contributed by atoms with Crippen LogP contribution in [-0.2, 0) is 9.53 Å². The number of carbonyl (C=O) groups is 1. The first kappa shape index (κ1) is 16.3. The molecular formula is C21H29NO3. The van der Waals surface area contributed by atoms with Crippen molar-refractivity contribution in [2.45, 2.75) is 77.1 Å². The van der Waals surface area contributed by atoms with Crippen LogP contribution in [0.25, 0.3) is 0 Å². The molecular weight excluding hydrogens is 314 g/mol. The number of aliphatic hydroxyl groups excluding tert-OH is 1. The molecule has 1 N–H and O–H groups in total. The topological polar surface area (TPSA) is 73.6 Å². The molecule has 1 aliphatic heterocycles. The number of hydrogen-bond acceptors (Lipinski definition) is 4. The number of fused-ring (bicyclic) bond motifs is 4. The molecule has 0 aromatic rings. The molecule has 4 saturated carbocycles. The number of carbonyl (C=O) groups excluding carboxylic acids is 1. The van der Waals surface area contributed by atoms with E-state index in [-0.39, 0.29) is 34.4 Å². The van der Waals surface area contributed by atoms with Gasteiger partial charge in [0.15, 0.2) is 5.78 Å². The maximum Gasteiger partial charge on any atom is 0.181 e. The van der Waals surface area contributed by atoms with Gasteiger partial charge in [-0.05, 0) is 67.6 Å². The Labute approximate surface area is 149 Å². The van der Waals surface area contributed by atoms with E-state index in [2.05, 4.69) is 26.8 Å². The van der Waals surface area contributed by atoms with Crippen LogP contribution in [0.2, 0.25) is 0 Å². The van der Waals surface area contributed by atoms with Crippen LogP contribution in [0.5, 0.6) is 0 Å². The molecule has 0 aromatic carbocycles. The Morgan fingerprint density at radius 2 is 2.00 bits per heavy atom. The van der Waals surface area contributed by atoms with E-state index in [4.69, 9.17) is 4.74 Å². The average Bonchev–Trinajstić information content (AvgIpc) is 3.28. The van der Waals surface area contributed by atoms with Crippen LogP contribution in [0.1, 0.15) is 59.3 Å². The lowest BCUT2D eigenvalue weighted by Gasteiger charge is -2.61. The van der Waals surface area contributed by atoms with Crippen molar-refractivity contribution in [2.75, 3.05) is 0 Å². The predicted octanol–water partition coefficient (Wildman–Crippen LogP) is 3.09. The molecule has 0 radical (unpaired) electrons. The minimum absolute atomic E-state index is 0.0298. The van der Waals surface area contributed by atoms with E-state index in [1.54, 1.807) is 0 Å². The van der Waals surface area contributed by atoms with Gasteiger partial charge in [-0.3, -0.25) is 4.79 Å². The van der Waals surface area contributed by atoms with Gasteiger partial charge in [0.25, 0.3) is 0 Å². The van der Waals surface area contributed by atoms with Gasteiger partial charge in [0, 0.05) is 5.41 Å². The van der Waals surface area contributed by atoms with E-state index in [9.17, 15) is 15.2 Å². The fourth-order valence-corrected chi connectivity index (χ4v) is 8.18. The van der Waals surface area contributed by atoms with Gasteiger partial charge in [-0.2, -0.15) is 5.26 Å². The van der Waals surface area contributed by atoms with Gasteiger partial charge >= 0.3 is 0 Å². The number of hydrogen-bond donors (Lipinski definition) is 1. The fraction of sp³-hybridized carbons (Fsp3) is 0.905. The van der Waals surface area contributed by atoms with Gasteiger partial charge in [0.05, 0.1) is 12.2 Å². The van der Waals surface area contributed by atoms with Crippen molar-refractivity contribution in [1.82, 2.24) is 0 Å². The highest BCUT2D eigenvalue weighted by Gasteiger charge is 2.80. The van der Waals surface area contributed by atoms with Gasteiger partial charge in [-0.15, -0.1) is 0 Å². The van der Waals surface area contributed by atoms with E-state index in [1.165, 1.54) is 0 Å². The highest BCUT2D eigenvalue weighted by atomic mass is 16.6. The first-order valence-corrected chi connectivity index (χ1v) is 10.1. The standard InChI is InChI=1S/C21H29NO3/c1-11-8-13-14-4-5-16(23)19(14,2)7-6-15(13)20(3)9-12(10-22)17(24)18-21(11,20)25-18/h11-16,18,23H,4-9H2,1-3H3/t11?,12?,13-,14-,15+,16?,18?,19-,20+,21?/m0/s1. The normalized spacial score (nSPS) is 62.2. The molecule has 1 spiro atoms. The van der Waals surface area contributed by atoms with E-state index in [0.717, 1.165) is 32.1 Å². The summed E-state index contributed by atoms with van der Waals surface area (Å²) in [6.07, 6.45) is 5.48. The Hall–Kier alpha value is -0.920. The lowest BCUT2D eigenvalue weighted by Crippen LogP contribution is -2.62. The molecule has 4 nitrogen and oxygen atoms in total. The summed E-state index contributed by atoms with van der Waals surface area (Å²) in [4.78, 5) is 12.6. The third-order valence-corrected chi connectivity index (χ3v) is 9.49. The molecule has 4 aliphatic carbocycles. The van der Waals surface area contributed by atoms with Crippen molar-refractivity contribution in [3.8, 4) is 6.07 Å². The lowest BCUT2D eigenvalue weighted by molar-refractivity contribution is -0.150. The van der Waals surface area contributed by atoms with Crippen molar-refractivity contribution in [3.05, 3.63) is 0 Å². The molecule has 25 heavy (non-hydrogen) atoms. The summed E-state index contributed by atoms with van der Waals surface area (Å²) in [6.45, 7) is 6.86. The Morgan fingerprint density at radius 3 is 2.72 bits per heavy atom. The monoisotopic (exact) mass is 343 g/mol. The summed E-state index contributed by atoms with van der Waals surface area (Å²) >= 11 is 0. The summed E-state index contributed by atoms with van der Waals surface area (Å²) < 4.78 is 6.19. The molecule has 10 atom stereocenters. The third kappa shape index (κ3) is 1.64. The first-order valence-electron chi connectivity index (χ1n) is 10.1. The molecule has 5 aliphatic rings. The Morgan fingerprint density at radius 1 is 1.24 bits per heavy atom. The van der Waals surface area contributed by atoms with E-state index in [1.807, 2.05) is 0 Å². The van der Waals surface area contributed by atoms with Gasteiger partial charge in [-0.1, -0.05) is 20.8 Å². The van der Waals surface area contributed by atoms with Gasteiger partial charge in [0.2, 0.25) is 0 Å². The molecule has 0 bridgehead atoms. The molecule has 0 amide bonds. The van der Waals surface area contributed by atoms with Crippen molar-refractivity contribution in [2.24, 2.45) is 40.4 Å². The summed E-state index contributed by atoms with van der Waals surface area (Å²) in [6, 6.07) is 2.27. The Balaban J connectivity index is 1.56. The SMILES string of the molecule is CC1C[C@@H]2[C@@H](CC[C@]3(C)C(O)CC[C@@H]23)[C@@]2(C)CC(C#N)C(=O)C3OC132. The van der Waals surface area contributed by atoms with Crippen molar-refractivity contribution < 1.29 is 14.6 Å². The zero-order valence-electron chi connectivity index (χ0n) is 15.5. The minimum atomic E-state index is -0.501. The highest BCUT2D eigenvalue weighted by molar-refractivity contribution is 5.92.